The van der Waals surface area contributed by atoms with Gasteiger partial charge in [-0.3, -0.25) is 4.79 Å². The van der Waals surface area contributed by atoms with Crippen LogP contribution < -0.4 is 4.74 Å². The van der Waals surface area contributed by atoms with Gasteiger partial charge < -0.3 is 9.47 Å². The summed E-state index contributed by atoms with van der Waals surface area (Å²) in [4.78, 5) is 22.5. The van der Waals surface area contributed by atoms with E-state index in [0.717, 1.165) is 5.56 Å². The van der Waals surface area contributed by atoms with Crippen LogP contribution in [0.5, 0.6) is 5.75 Å². The minimum absolute atomic E-state index is 0.109. The van der Waals surface area contributed by atoms with E-state index in [1.807, 2.05) is 18.2 Å². The summed E-state index contributed by atoms with van der Waals surface area (Å²) in [6, 6.07) is 7.35. The van der Waals surface area contributed by atoms with Crippen LogP contribution in [0, 0.1) is 0 Å². The van der Waals surface area contributed by atoms with E-state index in [2.05, 4.69) is 0 Å². The second-order valence-corrected chi connectivity index (χ2v) is 3.59. The third-order valence-electron chi connectivity index (χ3n) is 2.43. The number of hydrogen-bond donors (Lipinski definition) is 0. The zero-order valence-electron chi connectivity index (χ0n) is 9.88. The number of benzene rings is 1. The van der Waals surface area contributed by atoms with Crippen molar-refractivity contribution in [1.82, 2.24) is 0 Å². The van der Waals surface area contributed by atoms with Crippen molar-refractivity contribution in [2.24, 2.45) is 0 Å². The molecule has 1 heterocycles. The Labute approximate surface area is 105 Å². The van der Waals surface area contributed by atoms with Crippen LogP contribution >= 0.6 is 0 Å². The SMILES string of the molecule is CCOC(=O)C(C=O)=C1C=Cc2ccccc2O1. The average Bonchev–Trinajstić information content (AvgIpc) is 2.40. The predicted molar refractivity (Wildman–Crippen MR) is 65.8 cm³/mol. The number of fused-ring (bicyclic) bond motifs is 1. The largest absolute Gasteiger partial charge is 0.462 e. The fourth-order valence-corrected chi connectivity index (χ4v) is 1.59. The number of ether oxygens (including phenoxy) is 2. The maximum Gasteiger partial charge on any atom is 0.345 e. The zero-order valence-corrected chi connectivity index (χ0v) is 9.88. The standard InChI is InChI=1S/C14H12O4/c1-2-17-14(16)11(9-15)13-8-7-10-5-3-4-6-12(10)18-13/h3-9H,2H2,1H3. The van der Waals surface area contributed by atoms with E-state index >= 15 is 0 Å². The van der Waals surface area contributed by atoms with Gasteiger partial charge in [-0.15, -0.1) is 0 Å². The maximum absolute atomic E-state index is 11.6. The summed E-state index contributed by atoms with van der Waals surface area (Å²) in [6.07, 6.45) is 3.82. The Bertz CT molecular complexity index is 540. The molecule has 0 saturated carbocycles. The van der Waals surface area contributed by atoms with E-state index < -0.39 is 5.97 Å². The molecule has 1 aromatic rings. The number of hydrogen-bond acceptors (Lipinski definition) is 4. The number of allylic oxidation sites excluding steroid dienone is 1. The minimum atomic E-state index is -0.675. The number of para-hydroxylation sites is 1. The summed E-state index contributed by atoms with van der Waals surface area (Å²) in [5.41, 5.74) is 0.790. The van der Waals surface area contributed by atoms with Gasteiger partial charge in [-0.05, 0) is 25.1 Å². The highest BCUT2D eigenvalue weighted by atomic mass is 16.5. The van der Waals surface area contributed by atoms with E-state index in [-0.39, 0.29) is 17.9 Å². The number of aldehydes is 1. The zero-order chi connectivity index (χ0) is 13.0. The van der Waals surface area contributed by atoms with E-state index in [0.29, 0.717) is 12.0 Å². The highest BCUT2D eigenvalue weighted by molar-refractivity contribution is 6.08. The lowest BCUT2D eigenvalue weighted by Gasteiger charge is -2.15. The van der Waals surface area contributed by atoms with Crippen LogP contribution in [0.2, 0.25) is 0 Å². The van der Waals surface area contributed by atoms with Crippen molar-refractivity contribution in [2.75, 3.05) is 6.61 Å². The second-order valence-electron chi connectivity index (χ2n) is 3.59. The number of esters is 1. The van der Waals surface area contributed by atoms with Gasteiger partial charge in [-0.25, -0.2) is 4.79 Å². The summed E-state index contributed by atoms with van der Waals surface area (Å²) in [5.74, 6) is 0.146. The highest BCUT2D eigenvalue weighted by Crippen LogP contribution is 2.28. The molecule has 18 heavy (non-hydrogen) atoms. The van der Waals surface area contributed by atoms with Crippen LogP contribution in [-0.4, -0.2) is 18.9 Å². The smallest absolute Gasteiger partial charge is 0.345 e. The topological polar surface area (TPSA) is 52.6 Å². The molecule has 0 aromatic heterocycles. The third kappa shape index (κ3) is 2.32. The van der Waals surface area contributed by atoms with Crippen molar-refractivity contribution in [2.45, 2.75) is 6.92 Å². The summed E-state index contributed by atoms with van der Waals surface area (Å²) in [5, 5.41) is 0. The van der Waals surface area contributed by atoms with Crippen LogP contribution in [0.3, 0.4) is 0 Å². The fourth-order valence-electron chi connectivity index (χ4n) is 1.59. The van der Waals surface area contributed by atoms with Crippen LogP contribution in [0.4, 0.5) is 0 Å². The molecule has 0 amide bonds. The predicted octanol–water partition coefficient (Wildman–Crippen LogP) is 2.11. The molecule has 0 spiro atoms. The third-order valence-corrected chi connectivity index (χ3v) is 2.43. The molecule has 0 aliphatic carbocycles. The van der Waals surface area contributed by atoms with Crippen LogP contribution in [0.25, 0.3) is 6.08 Å². The van der Waals surface area contributed by atoms with Gasteiger partial charge in [0.1, 0.15) is 17.1 Å². The first-order valence-electron chi connectivity index (χ1n) is 5.57. The summed E-state index contributed by atoms with van der Waals surface area (Å²) >= 11 is 0. The van der Waals surface area contributed by atoms with E-state index in [1.165, 1.54) is 0 Å². The first-order valence-corrected chi connectivity index (χ1v) is 5.57. The summed E-state index contributed by atoms with van der Waals surface area (Å²) < 4.78 is 10.3. The van der Waals surface area contributed by atoms with Crippen molar-refractivity contribution in [3.63, 3.8) is 0 Å². The summed E-state index contributed by atoms with van der Waals surface area (Å²) in [7, 11) is 0. The molecule has 0 saturated heterocycles. The van der Waals surface area contributed by atoms with Gasteiger partial charge in [0.25, 0.3) is 0 Å². The van der Waals surface area contributed by atoms with Gasteiger partial charge in [0, 0.05) is 5.56 Å². The van der Waals surface area contributed by atoms with Gasteiger partial charge in [0.15, 0.2) is 6.29 Å². The molecule has 4 heteroatoms. The molecule has 4 nitrogen and oxygen atoms in total. The lowest BCUT2D eigenvalue weighted by molar-refractivity contribution is -0.139. The van der Waals surface area contributed by atoms with Gasteiger partial charge >= 0.3 is 5.97 Å². The Balaban J connectivity index is 2.36. The van der Waals surface area contributed by atoms with Gasteiger partial charge in [-0.1, -0.05) is 18.2 Å². The minimum Gasteiger partial charge on any atom is -0.462 e. The molecule has 0 bridgehead atoms. The second kappa shape index (κ2) is 5.31. The van der Waals surface area contributed by atoms with E-state index in [9.17, 15) is 9.59 Å². The van der Waals surface area contributed by atoms with Gasteiger partial charge in [0.2, 0.25) is 0 Å². The molecule has 0 unspecified atom stereocenters. The number of carbonyl (C=O) groups excluding carboxylic acids is 2. The Morgan fingerprint density at radius 2 is 2.11 bits per heavy atom. The Hall–Kier alpha value is -2.36. The molecule has 92 valence electrons. The van der Waals surface area contributed by atoms with Crippen LogP contribution in [0.1, 0.15) is 12.5 Å². The average molecular weight is 244 g/mol. The molecule has 1 aromatic carbocycles. The lowest BCUT2D eigenvalue weighted by Crippen LogP contribution is -2.14. The quantitative estimate of drug-likeness (QED) is 0.269. The highest BCUT2D eigenvalue weighted by Gasteiger charge is 2.19. The Morgan fingerprint density at radius 3 is 2.83 bits per heavy atom. The Kier molecular flexibility index (Phi) is 3.57. The van der Waals surface area contributed by atoms with Crippen molar-refractivity contribution < 1.29 is 19.1 Å². The first-order chi connectivity index (χ1) is 8.76. The van der Waals surface area contributed by atoms with Crippen molar-refractivity contribution in [1.29, 1.82) is 0 Å². The van der Waals surface area contributed by atoms with Crippen LogP contribution in [-0.2, 0) is 14.3 Å². The molecule has 0 radical (unpaired) electrons. The van der Waals surface area contributed by atoms with E-state index in [4.69, 9.17) is 9.47 Å². The maximum atomic E-state index is 11.6. The number of carbonyl (C=O) groups is 2. The monoisotopic (exact) mass is 244 g/mol. The van der Waals surface area contributed by atoms with Crippen molar-refractivity contribution >= 4 is 18.3 Å². The van der Waals surface area contributed by atoms with E-state index in [1.54, 1.807) is 25.1 Å². The van der Waals surface area contributed by atoms with Gasteiger partial charge in [-0.2, -0.15) is 0 Å². The van der Waals surface area contributed by atoms with Crippen molar-refractivity contribution in [3.05, 3.63) is 47.2 Å². The lowest BCUT2D eigenvalue weighted by atomic mass is 10.1. The van der Waals surface area contributed by atoms with Gasteiger partial charge in [0.05, 0.1) is 6.61 Å². The first kappa shape index (κ1) is 12.1. The molecule has 0 atom stereocenters. The Morgan fingerprint density at radius 1 is 1.33 bits per heavy atom. The molecular formula is C14H12O4. The number of rotatable bonds is 3. The molecule has 1 aliphatic heterocycles. The van der Waals surface area contributed by atoms with Crippen LogP contribution in [0.15, 0.2) is 41.7 Å². The molecule has 2 rings (SSSR count). The van der Waals surface area contributed by atoms with Crippen molar-refractivity contribution in [3.8, 4) is 5.75 Å². The fraction of sp³-hybridized carbons (Fsp3) is 0.143. The molecular weight excluding hydrogens is 232 g/mol. The summed E-state index contributed by atoms with van der Waals surface area (Å²) in [6.45, 7) is 1.89. The normalized spacial score (nSPS) is 15.4. The molecule has 0 fully saturated rings. The molecule has 1 aliphatic rings. The molecule has 0 N–H and O–H groups in total.